The van der Waals surface area contributed by atoms with Gasteiger partial charge in [-0.3, -0.25) is 15.4 Å². The van der Waals surface area contributed by atoms with Crippen molar-refractivity contribution in [2.24, 2.45) is 11.6 Å². The Labute approximate surface area is 112 Å². The van der Waals surface area contributed by atoms with Gasteiger partial charge in [0.05, 0.1) is 11.3 Å². The first-order valence-corrected chi connectivity index (χ1v) is 6.18. The summed E-state index contributed by atoms with van der Waals surface area (Å²) in [6, 6.07) is 5.41. The van der Waals surface area contributed by atoms with E-state index in [9.17, 15) is 9.59 Å². The van der Waals surface area contributed by atoms with Crippen LogP contribution in [-0.4, -0.2) is 18.4 Å². The van der Waals surface area contributed by atoms with Crippen LogP contribution in [0.15, 0.2) is 18.2 Å². The van der Waals surface area contributed by atoms with Crippen molar-refractivity contribution in [3.63, 3.8) is 0 Å². The summed E-state index contributed by atoms with van der Waals surface area (Å²) in [5, 5.41) is 2.79. The lowest BCUT2D eigenvalue weighted by Crippen LogP contribution is -2.26. The maximum absolute atomic E-state index is 12.0. The molecule has 0 radical (unpaired) electrons. The van der Waals surface area contributed by atoms with Gasteiger partial charge in [0, 0.05) is 13.0 Å². The third-order valence-corrected chi connectivity index (χ3v) is 2.71. The van der Waals surface area contributed by atoms with Crippen molar-refractivity contribution in [3.8, 4) is 0 Å². The number of nitrogens with two attached hydrogens (primary N) is 2. The minimum atomic E-state index is -0.320. The fourth-order valence-corrected chi connectivity index (χ4v) is 1.69. The number of anilines is 1. The van der Waals surface area contributed by atoms with Gasteiger partial charge in [0.15, 0.2) is 0 Å². The van der Waals surface area contributed by atoms with Crippen molar-refractivity contribution in [3.05, 3.63) is 29.3 Å². The molecule has 104 valence electrons. The minimum absolute atomic E-state index is 0.185. The lowest BCUT2D eigenvalue weighted by atomic mass is 10.1. The van der Waals surface area contributed by atoms with E-state index < -0.39 is 0 Å². The SMILES string of the molecule is Cc1ccc(NN)c(C(=O)NCCCCC(N)=O)c1. The lowest BCUT2D eigenvalue weighted by Gasteiger charge is -2.10. The Morgan fingerprint density at radius 3 is 2.63 bits per heavy atom. The number of nitrogen functional groups attached to an aromatic ring is 1. The molecule has 0 unspecified atom stereocenters. The molecule has 1 aromatic rings. The number of unbranched alkanes of at least 4 members (excludes halogenated alkanes) is 1. The van der Waals surface area contributed by atoms with E-state index in [-0.39, 0.29) is 11.8 Å². The molecule has 0 aliphatic carbocycles. The Morgan fingerprint density at radius 2 is 2.00 bits per heavy atom. The predicted molar refractivity (Wildman–Crippen MR) is 74.4 cm³/mol. The van der Waals surface area contributed by atoms with Crippen LogP contribution in [0, 0.1) is 6.92 Å². The second kappa shape index (κ2) is 7.38. The van der Waals surface area contributed by atoms with Crippen molar-refractivity contribution in [2.45, 2.75) is 26.2 Å². The summed E-state index contributed by atoms with van der Waals surface area (Å²) in [6.07, 6.45) is 1.73. The molecule has 0 aromatic heterocycles. The minimum Gasteiger partial charge on any atom is -0.370 e. The van der Waals surface area contributed by atoms with E-state index in [0.29, 0.717) is 37.1 Å². The van der Waals surface area contributed by atoms with Gasteiger partial charge in [-0.2, -0.15) is 0 Å². The monoisotopic (exact) mass is 264 g/mol. The van der Waals surface area contributed by atoms with E-state index in [4.69, 9.17) is 11.6 Å². The van der Waals surface area contributed by atoms with Crippen molar-refractivity contribution >= 4 is 17.5 Å². The molecule has 6 nitrogen and oxygen atoms in total. The summed E-state index contributed by atoms with van der Waals surface area (Å²) in [7, 11) is 0. The number of primary amides is 1. The molecule has 6 heteroatoms. The predicted octanol–water partition coefficient (Wildman–Crippen LogP) is 0.666. The first-order chi connectivity index (χ1) is 9.04. The number of hydrazine groups is 1. The third kappa shape index (κ3) is 4.97. The van der Waals surface area contributed by atoms with Gasteiger partial charge in [0.1, 0.15) is 0 Å². The molecular weight excluding hydrogens is 244 g/mol. The number of aryl methyl sites for hydroxylation is 1. The second-order valence-electron chi connectivity index (χ2n) is 4.37. The maximum atomic E-state index is 12.0. The number of nitrogens with one attached hydrogen (secondary N) is 2. The summed E-state index contributed by atoms with van der Waals surface area (Å²) in [6.45, 7) is 2.41. The van der Waals surface area contributed by atoms with Crippen LogP contribution < -0.4 is 22.3 Å². The van der Waals surface area contributed by atoms with Gasteiger partial charge in [-0.15, -0.1) is 0 Å². The Morgan fingerprint density at radius 1 is 1.26 bits per heavy atom. The molecule has 0 aliphatic heterocycles. The number of carbonyl (C=O) groups excluding carboxylic acids is 2. The first kappa shape index (κ1) is 15.0. The van der Waals surface area contributed by atoms with Gasteiger partial charge in [0.25, 0.3) is 5.91 Å². The molecule has 0 aliphatic rings. The molecule has 0 fully saturated rings. The van der Waals surface area contributed by atoms with Crippen molar-refractivity contribution in [1.29, 1.82) is 0 Å². The summed E-state index contributed by atoms with van der Waals surface area (Å²) in [5.41, 5.74) is 9.61. The Kier molecular flexibility index (Phi) is 5.81. The molecule has 0 spiro atoms. The van der Waals surface area contributed by atoms with E-state index in [0.717, 1.165) is 5.56 Å². The van der Waals surface area contributed by atoms with E-state index in [1.807, 2.05) is 13.0 Å². The summed E-state index contributed by atoms with van der Waals surface area (Å²) in [5.74, 6) is 4.86. The fraction of sp³-hybridized carbons (Fsp3) is 0.385. The average molecular weight is 264 g/mol. The Hall–Kier alpha value is -2.08. The summed E-state index contributed by atoms with van der Waals surface area (Å²) >= 11 is 0. The van der Waals surface area contributed by atoms with Crippen molar-refractivity contribution < 1.29 is 9.59 Å². The van der Waals surface area contributed by atoms with Crippen LogP contribution in [0.3, 0.4) is 0 Å². The Bertz CT molecular complexity index is 460. The molecule has 2 amide bonds. The van der Waals surface area contributed by atoms with E-state index in [1.165, 1.54) is 0 Å². The number of hydrogen-bond donors (Lipinski definition) is 4. The van der Waals surface area contributed by atoms with Gasteiger partial charge in [0.2, 0.25) is 5.91 Å². The average Bonchev–Trinajstić information content (AvgIpc) is 2.37. The number of benzene rings is 1. The molecule has 19 heavy (non-hydrogen) atoms. The zero-order valence-electron chi connectivity index (χ0n) is 11.0. The number of amides is 2. The largest absolute Gasteiger partial charge is 0.370 e. The zero-order valence-corrected chi connectivity index (χ0v) is 11.0. The van der Waals surface area contributed by atoms with Gasteiger partial charge in [-0.25, -0.2) is 0 Å². The molecule has 1 rings (SSSR count). The maximum Gasteiger partial charge on any atom is 0.253 e. The van der Waals surface area contributed by atoms with Crippen molar-refractivity contribution in [2.75, 3.05) is 12.0 Å². The third-order valence-electron chi connectivity index (χ3n) is 2.71. The summed E-state index contributed by atoms with van der Waals surface area (Å²) < 4.78 is 0. The Balaban J connectivity index is 2.49. The highest BCUT2D eigenvalue weighted by atomic mass is 16.2. The van der Waals surface area contributed by atoms with Gasteiger partial charge < -0.3 is 16.5 Å². The highest BCUT2D eigenvalue weighted by Gasteiger charge is 2.10. The number of hydrogen-bond acceptors (Lipinski definition) is 4. The van der Waals surface area contributed by atoms with Gasteiger partial charge >= 0.3 is 0 Å². The fourth-order valence-electron chi connectivity index (χ4n) is 1.69. The quantitative estimate of drug-likeness (QED) is 0.329. The standard InChI is InChI=1S/C13H20N4O2/c1-9-5-6-11(17-15)10(8-9)13(19)16-7-3-2-4-12(14)18/h5-6,8,17H,2-4,7,15H2,1H3,(H2,14,18)(H,16,19). The molecule has 1 aromatic carbocycles. The highest BCUT2D eigenvalue weighted by molar-refractivity contribution is 5.99. The van der Waals surface area contributed by atoms with Crippen LogP contribution in [0.1, 0.15) is 35.2 Å². The molecule has 0 saturated heterocycles. The van der Waals surface area contributed by atoms with E-state index in [1.54, 1.807) is 12.1 Å². The van der Waals surface area contributed by atoms with Gasteiger partial charge in [-0.1, -0.05) is 11.6 Å². The van der Waals surface area contributed by atoms with Crippen LogP contribution in [0.25, 0.3) is 0 Å². The number of carbonyl (C=O) groups is 2. The zero-order chi connectivity index (χ0) is 14.3. The smallest absolute Gasteiger partial charge is 0.253 e. The van der Waals surface area contributed by atoms with Crippen molar-refractivity contribution in [1.82, 2.24) is 5.32 Å². The lowest BCUT2D eigenvalue weighted by molar-refractivity contribution is -0.118. The highest BCUT2D eigenvalue weighted by Crippen LogP contribution is 2.16. The molecule has 6 N–H and O–H groups in total. The molecule has 0 bridgehead atoms. The molecule has 0 atom stereocenters. The molecule has 0 heterocycles. The van der Waals surface area contributed by atoms with E-state index in [2.05, 4.69) is 10.7 Å². The number of rotatable bonds is 7. The topological polar surface area (TPSA) is 110 Å². The van der Waals surface area contributed by atoms with Crippen LogP contribution in [0.2, 0.25) is 0 Å². The normalized spacial score (nSPS) is 10.0. The van der Waals surface area contributed by atoms with Crippen LogP contribution in [0.5, 0.6) is 0 Å². The van der Waals surface area contributed by atoms with Gasteiger partial charge in [-0.05, 0) is 31.9 Å². The molecule has 0 saturated carbocycles. The van der Waals surface area contributed by atoms with Crippen LogP contribution >= 0.6 is 0 Å². The van der Waals surface area contributed by atoms with Crippen LogP contribution in [-0.2, 0) is 4.79 Å². The second-order valence-corrected chi connectivity index (χ2v) is 4.37. The van der Waals surface area contributed by atoms with Crippen LogP contribution in [0.4, 0.5) is 5.69 Å². The first-order valence-electron chi connectivity index (χ1n) is 6.18. The van der Waals surface area contributed by atoms with E-state index >= 15 is 0 Å². The summed E-state index contributed by atoms with van der Waals surface area (Å²) in [4.78, 5) is 22.5. The molecular formula is C13H20N4O2.